The Hall–Kier alpha value is -4.19. The molecule has 1 fully saturated rings. The largest absolute Gasteiger partial charge is 0.450 e. The van der Waals surface area contributed by atoms with E-state index in [1.165, 1.54) is 37.4 Å². The summed E-state index contributed by atoms with van der Waals surface area (Å²) in [6, 6.07) is 9.04. The number of rotatable bonds is 5. The normalized spacial score (nSPS) is 15.2. The minimum Gasteiger partial charge on any atom is -0.450 e. The van der Waals surface area contributed by atoms with E-state index < -0.39 is 33.0 Å². The van der Waals surface area contributed by atoms with E-state index in [4.69, 9.17) is 17.0 Å². The Morgan fingerprint density at radius 2 is 1.73 bits per heavy atom. The SMILES string of the molecule is CN1C(=O)/C(=C/c2ccc(Oc3ccc([N+](=O)[O-])cc3[N+](=O)[O-])cc2)C(=O)NC1=S. The molecule has 1 saturated heterocycles. The zero-order valence-electron chi connectivity index (χ0n) is 15.2. The molecule has 11 nitrogen and oxygen atoms in total. The van der Waals surface area contributed by atoms with Crippen molar-refractivity contribution in [3.8, 4) is 11.5 Å². The third-order valence-corrected chi connectivity index (χ3v) is 4.45. The van der Waals surface area contributed by atoms with Gasteiger partial charge in [0.1, 0.15) is 11.3 Å². The zero-order chi connectivity index (χ0) is 22.0. The maximum Gasteiger partial charge on any atom is 0.318 e. The number of ether oxygens (including phenoxy) is 1. The number of benzene rings is 2. The van der Waals surface area contributed by atoms with Crippen molar-refractivity contribution < 1.29 is 24.2 Å². The van der Waals surface area contributed by atoms with Crippen LogP contribution in [0.25, 0.3) is 6.08 Å². The molecule has 1 heterocycles. The van der Waals surface area contributed by atoms with Gasteiger partial charge in [0, 0.05) is 13.1 Å². The number of hydrogen-bond acceptors (Lipinski definition) is 8. The van der Waals surface area contributed by atoms with Crippen LogP contribution in [0, 0.1) is 20.2 Å². The van der Waals surface area contributed by atoms with Crippen molar-refractivity contribution in [1.82, 2.24) is 10.2 Å². The van der Waals surface area contributed by atoms with Crippen molar-refractivity contribution in [3.05, 3.63) is 73.8 Å². The van der Waals surface area contributed by atoms with Crippen LogP contribution in [0.4, 0.5) is 11.4 Å². The topological polar surface area (TPSA) is 145 Å². The summed E-state index contributed by atoms with van der Waals surface area (Å²) in [5, 5.41) is 24.4. The Bertz CT molecular complexity index is 1130. The molecule has 2 aromatic carbocycles. The molecule has 30 heavy (non-hydrogen) atoms. The van der Waals surface area contributed by atoms with Crippen LogP contribution in [0.15, 0.2) is 48.0 Å². The number of nitro benzene ring substituents is 2. The molecule has 0 radical (unpaired) electrons. The first-order valence-corrected chi connectivity index (χ1v) is 8.64. The number of nitrogens with zero attached hydrogens (tertiary/aromatic N) is 3. The third kappa shape index (κ3) is 4.12. The standard InChI is InChI=1S/C18H12N4O7S/c1-20-17(24)13(16(23)19-18(20)30)8-10-2-5-12(6-3-10)29-15-7-4-11(21(25)26)9-14(15)22(27)28/h2-9H,1H3,(H,19,23,30)/b13-8+. The van der Waals surface area contributed by atoms with Gasteiger partial charge in [0.05, 0.1) is 15.9 Å². The summed E-state index contributed by atoms with van der Waals surface area (Å²) in [5.41, 5.74) is -0.596. The number of thiocarbonyl (C=S) groups is 1. The first kappa shape index (κ1) is 20.5. The summed E-state index contributed by atoms with van der Waals surface area (Å²) in [6.07, 6.45) is 1.37. The molecule has 1 N–H and O–H groups in total. The van der Waals surface area contributed by atoms with Gasteiger partial charge < -0.3 is 4.74 Å². The highest BCUT2D eigenvalue weighted by molar-refractivity contribution is 7.80. The Kier molecular flexibility index (Phi) is 5.51. The fourth-order valence-electron chi connectivity index (χ4n) is 2.52. The Labute approximate surface area is 173 Å². The molecule has 3 rings (SSSR count). The summed E-state index contributed by atoms with van der Waals surface area (Å²) in [7, 11) is 1.44. The van der Waals surface area contributed by atoms with Crippen LogP contribution < -0.4 is 10.1 Å². The van der Waals surface area contributed by atoms with Crippen LogP contribution in [-0.4, -0.2) is 38.7 Å². The average Bonchev–Trinajstić information content (AvgIpc) is 2.70. The molecular weight excluding hydrogens is 416 g/mol. The van der Waals surface area contributed by atoms with E-state index in [1.807, 2.05) is 0 Å². The molecular formula is C18H12N4O7S. The second kappa shape index (κ2) is 8.05. The molecule has 152 valence electrons. The van der Waals surface area contributed by atoms with Gasteiger partial charge >= 0.3 is 5.69 Å². The predicted molar refractivity (Wildman–Crippen MR) is 108 cm³/mol. The van der Waals surface area contributed by atoms with Gasteiger partial charge in [-0.2, -0.15) is 0 Å². The molecule has 0 spiro atoms. The molecule has 0 saturated carbocycles. The lowest BCUT2D eigenvalue weighted by Gasteiger charge is -2.25. The number of amides is 2. The summed E-state index contributed by atoms with van der Waals surface area (Å²) in [4.78, 5) is 45.8. The van der Waals surface area contributed by atoms with Gasteiger partial charge in [-0.3, -0.25) is 40.0 Å². The van der Waals surface area contributed by atoms with Crippen molar-refractivity contribution in [3.63, 3.8) is 0 Å². The van der Waals surface area contributed by atoms with Gasteiger partial charge in [0.2, 0.25) is 5.75 Å². The summed E-state index contributed by atoms with van der Waals surface area (Å²) < 4.78 is 5.47. The molecule has 0 atom stereocenters. The van der Waals surface area contributed by atoms with Gasteiger partial charge in [0.25, 0.3) is 17.5 Å². The highest BCUT2D eigenvalue weighted by atomic mass is 32.1. The Morgan fingerprint density at radius 3 is 2.33 bits per heavy atom. The van der Waals surface area contributed by atoms with Crippen LogP contribution in [0.5, 0.6) is 11.5 Å². The Balaban J connectivity index is 1.84. The fraction of sp³-hybridized carbons (Fsp3) is 0.0556. The van der Waals surface area contributed by atoms with Crippen LogP contribution in [0.2, 0.25) is 0 Å². The van der Waals surface area contributed by atoms with Gasteiger partial charge in [-0.25, -0.2) is 0 Å². The van der Waals surface area contributed by atoms with Crippen molar-refractivity contribution in [1.29, 1.82) is 0 Å². The molecule has 0 unspecified atom stereocenters. The minimum atomic E-state index is -0.782. The quantitative estimate of drug-likeness (QED) is 0.251. The highest BCUT2D eigenvalue weighted by Crippen LogP contribution is 2.34. The Morgan fingerprint density at radius 1 is 1.07 bits per heavy atom. The number of non-ortho nitro benzene ring substituents is 1. The molecule has 1 aliphatic rings. The van der Waals surface area contributed by atoms with E-state index in [0.29, 0.717) is 5.56 Å². The van der Waals surface area contributed by atoms with Gasteiger partial charge in [-0.05, 0) is 42.1 Å². The van der Waals surface area contributed by atoms with Crippen LogP contribution in [0.1, 0.15) is 5.56 Å². The first-order chi connectivity index (χ1) is 14.2. The molecule has 2 amide bonds. The zero-order valence-corrected chi connectivity index (χ0v) is 16.0. The van der Waals surface area contributed by atoms with Crippen LogP contribution >= 0.6 is 12.2 Å². The number of carbonyl (C=O) groups is 2. The lowest BCUT2D eigenvalue weighted by molar-refractivity contribution is -0.394. The van der Waals surface area contributed by atoms with Crippen molar-refractivity contribution in [2.24, 2.45) is 0 Å². The van der Waals surface area contributed by atoms with E-state index >= 15 is 0 Å². The first-order valence-electron chi connectivity index (χ1n) is 8.23. The second-order valence-electron chi connectivity index (χ2n) is 6.02. The molecule has 12 heteroatoms. The van der Waals surface area contributed by atoms with Crippen LogP contribution in [-0.2, 0) is 9.59 Å². The van der Waals surface area contributed by atoms with E-state index in [1.54, 1.807) is 0 Å². The van der Waals surface area contributed by atoms with E-state index in [2.05, 4.69) is 5.32 Å². The fourth-order valence-corrected chi connectivity index (χ4v) is 2.70. The van der Waals surface area contributed by atoms with Crippen molar-refractivity contribution in [2.45, 2.75) is 0 Å². The van der Waals surface area contributed by atoms with Gasteiger partial charge in [-0.1, -0.05) is 12.1 Å². The second-order valence-corrected chi connectivity index (χ2v) is 6.41. The lowest BCUT2D eigenvalue weighted by atomic mass is 10.1. The summed E-state index contributed by atoms with van der Waals surface area (Å²) in [6.45, 7) is 0. The van der Waals surface area contributed by atoms with E-state index in [-0.39, 0.29) is 22.2 Å². The number of hydrogen-bond donors (Lipinski definition) is 1. The molecule has 0 aromatic heterocycles. The number of carbonyl (C=O) groups excluding carboxylic acids is 2. The molecule has 0 bridgehead atoms. The van der Waals surface area contributed by atoms with Gasteiger partial charge in [0.15, 0.2) is 5.11 Å². The molecule has 0 aliphatic carbocycles. The average molecular weight is 428 g/mol. The number of nitrogens with one attached hydrogen (secondary N) is 1. The number of likely N-dealkylation sites (N-methyl/N-ethyl adjacent to an activating group) is 1. The van der Waals surface area contributed by atoms with Crippen LogP contribution in [0.3, 0.4) is 0 Å². The maximum absolute atomic E-state index is 12.2. The lowest BCUT2D eigenvalue weighted by Crippen LogP contribution is -2.52. The number of nitro groups is 2. The van der Waals surface area contributed by atoms with Gasteiger partial charge in [-0.15, -0.1) is 0 Å². The summed E-state index contributed by atoms with van der Waals surface area (Å²) in [5.74, 6) is -1.13. The van der Waals surface area contributed by atoms with E-state index in [9.17, 15) is 29.8 Å². The monoisotopic (exact) mass is 428 g/mol. The van der Waals surface area contributed by atoms with Crippen molar-refractivity contribution >= 4 is 46.6 Å². The summed E-state index contributed by atoms with van der Waals surface area (Å²) >= 11 is 4.87. The van der Waals surface area contributed by atoms with E-state index in [0.717, 1.165) is 23.1 Å². The minimum absolute atomic E-state index is 0.00981. The highest BCUT2D eigenvalue weighted by Gasteiger charge is 2.30. The molecule has 1 aliphatic heterocycles. The predicted octanol–water partition coefficient (Wildman–Crippen LogP) is 2.55. The molecule has 2 aromatic rings. The smallest absolute Gasteiger partial charge is 0.318 e. The third-order valence-electron chi connectivity index (χ3n) is 4.07. The maximum atomic E-state index is 12.2. The van der Waals surface area contributed by atoms with Crippen molar-refractivity contribution in [2.75, 3.05) is 7.05 Å².